The fraction of sp³-hybridized carbons (Fsp3) is 0.579. The van der Waals surface area contributed by atoms with Crippen molar-refractivity contribution in [2.75, 3.05) is 25.2 Å². The number of anilines is 1. The molecule has 2 atom stereocenters. The van der Waals surface area contributed by atoms with Gasteiger partial charge in [-0.25, -0.2) is 0 Å². The zero-order chi connectivity index (χ0) is 18.7. The first-order valence-corrected chi connectivity index (χ1v) is 9.24. The lowest BCUT2D eigenvalue weighted by Crippen LogP contribution is -2.50. The van der Waals surface area contributed by atoms with Crippen LogP contribution in [0.4, 0.5) is 5.69 Å². The van der Waals surface area contributed by atoms with Crippen LogP contribution >= 0.6 is 12.4 Å². The topological polar surface area (TPSA) is 93.9 Å². The van der Waals surface area contributed by atoms with Gasteiger partial charge in [-0.05, 0) is 30.9 Å². The lowest BCUT2D eigenvalue weighted by molar-refractivity contribution is -0.136. The maximum absolute atomic E-state index is 12.5. The summed E-state index contributed by atoms with van der Waals surface area (Å²) in [5, 5.41) is 2.93. The van der Waals surface area contributed by atoms with Crippen LogP contribution in [-0.2, 0) is 9.59 Å². The van der Waals surface area contributed by atoms with Crippen LogP contribution in [0.2, 0.25) is 0 Å². The highest BCUT2D eigenvalue weighted by atomic mass is 35.5. The van der Waals surface area contributed by atoms with Crippen LogP contribution in [0.3, 0.4) is 0 Å². The van der Waals surface area contributed by atoms with E-state index in [-0.39, 0.29) is 42.9 Å². The number of hydrogen-bond donors (Lipinski definition) is 2. The largest absolute Gasteiger partial charge is 0.454 e. The number of amides is 2. The number of nitrogens with two attached hydrogens (primary N) is 1. The molecule has 0 saturated carbocycles. The van der Waals surface area contributed by atoms with Gasteiger partial charge in [0.15, 0.2) is 11.5 Å². The van der Waals surface area contributed by atoms with Crippen molar-refractivity contribution in [1.29, 1.82) is 0 Å². The Morgan fingerprint density at radius 1 is 1.26 bits per heavy atom. The van der Waals surface area contributed by atoms with E-state index in [2.05, 4.69) is 5.32 Å². The summed E-state index contributed by atoms with van der Waals surface area (Å²) >= 11 is 0. The average Bonchev–Trinajstić information content (AvgIpc) is 3.14. The van der Waals surface area contributed by atoms with Gasteiger partial charge in [-0.1, -0.05) is 20.3 Å². The molecule has 2 unspecified atom stereocenters. The van der Waals surface area contributed by atoms with E-state index in [4.69, 9.17) is 15.2 Å². The molecule has 0 bridgehead atoms. The van der Waals surface area contributed by atoms with Crippen LogP contribution in [0.25, 0.3) is 0 Å². The van der Waals surface area contributed by atoms with Gasteiger partial charge >= 0.3 is 0 Å². The normalized spacial score (nSPS) is 18.4. The van der Waals surface area contributed by atoms with Crippen molar-refractivity contribution in [3.8, 4) is 11.5 Å². The number of nitrogens with zero attached hydrogens (tertiary/aromatic N) is 1. The fourth-order valence-corrected chi connectivity index (χ4v) is 3.29. The average molecular weight is 398 g/mol. The first kappa shape index (κ1) is 21.3. The van der Waals surface area contributed by atoms with Gasteiger partial charge in [-0.2, -0.15) is 0 Å². The number of carbonyl (C=O) groups excluding carboxylic acids is 2. The van der Waals surface area contributed by atoms with Gasteiger partial charge < -0.3 is 25.4 Å². The Morgan fingerprint density at radius 2 is 1.93 bits per heavy atom. The van der Waals surface area contributed by atoms with Gasteiger partial charge in [0.2, 0.25) is 18.6 Å². The van der Waals surface area contributed by atoms with Crippen LogP contribution in [0, 0.1) is 11.8 Å². The first-order chi connectivity index (χ1) is 12.5. The van der Waals surface area contributed by atoms with Crippen molar-refractivity contribution >= 4 is 29.9 Å². The van der Waals surface area contributed by atoms with Gasteiger partial charge in [-0.3, -0.25) is 9.59 Å². The molecule has 27 heavy (non-hydrogen) atoms. The van der Waals surface area contributed by atoms with Crippen LogP contribution < -0.4 is 20.5 Å². The molecule has 2 aliphatic heterocycles. The molecule has 0 aromatic heterocycles. The van der Waals surface area contributed by atoms with Gasteiger partial charge in [0.05, 0.1) is 6.04 Å². The van der Waals surface area contributed by atoms with E-state index in [1.807, 2.05) is 13.8 Å². The predicted molar refractivity (Wildman–Crippen MR) is 105 cm³/mol. The molecule has 8 heteroatoms. The molecule has 0 radical (unpaired) electrons. The van der Waals surface area contributed by atoms with E-state index >= 15 is 0 Å². The van der Waals surface area contributed by atoms with Crippen LogP contribution in [-0.4, -0.2) is 42.6 Å². The molecule has 2 aliphatic rings. The molecule has 1 fully saturated rings. The number of rotatable bonds is 5. The first-order valence-electron chi connectivity index (χ1n) is 9.24. The molecule has 1 aromatic rings. The number of halogens is 1. The van der Waals surface area contributed by atoms with Crippen LogP contribution in [0.1, 0.15) is 33.1 Å². The summed E-state index contributed by atoms with van der Waals surface area (Å²) in [6.07, 6.45) is 2.17. The lowest BCUT2D eigenvalue weighted by Gasteiger charge is -2.34. The molecule has 2 amide bonds. The van der Waals surface area contributed by atoms with Crippen LogP contribution in [0.5, 0.6) is 11.5 Å². The number of nitrogens with one attached hydrogen (secondary N) is 1. The summed E-state index contributed by atoms with van der Waals surface area (Å²) < 4.78 is 10.6. The molecular formula is C19H28ClN3O4. The van der Waals surface area contributed by atoms with Gasteiger partial charge in [-0.15, -0.1) is 12.4 Å². The minimum absolute atomic E-state index is 0. The van der Waals surface area contributed by atoms with Crippen molar-refractivity contribution in [1.82, 2.24) is 4.90 Å². The SMILES string of the molecule is CCC(C)C(N)C(=O)N1CCC(C(=O)Nc2ccc3c(c2)OCO3)CC1.Cl. The van der Waals surface area contributed by atoms with E-state index in [9.17, 15) is 9.59 Å². The van der Waals surface area contributed by atoms with Gasteiger partial charge in [0, 0.05) is 30.8 Å². The summed E-state index contributed by atoms with van der Waals surface area (Å²) in [4.78, 5) is 26.8. The molecule has 3 rings (SSSR count). The maximum atomic E-state index is 12.5. The molecule has 0 aliphatic carbocycles. The van der Waals surface area contributed by atoms with E-state index < -0.39 is 6.04 Å². The summed E-state index contributed by atoms with van der Waals surface area (Å²) in [5.41, 5.74) is 6.74. The Labute approximate surface area is 166 Å². The summed E-state index contributed by atoms with van der Waals surface area (Å²) in [5.74, 6) is 1.35. The molecule has 150 valence electrons. The zero-order valence-corrected chi connectivity index (χ0v) is 16.6. The second kappa shape index (κ2) is 9.28. The minimum Gasteiger partial charge on any atom is -0.454 e. The van der Waals surface area contributed by atoms with Crippen molar-refractivity contribution < 1.29 is 19.1 Å². The molecule has 1 saturated heterocycles. The third-order valence-electron chi connectivity index (χ3n) is 5.36. The van der Waals surface area contributed by atoms with E-state index in [1.165, 1.54) is 0 Å². The van der Waals surface area contributed by atoms with Crippen molar-refractivity contribution in [3.63, 3.8) is 0 Å². The fourth-order valence-electron chi connectivity index (χ4n) is 3.29. The van der Waals surface area contributed by atoms with E-state index in [0.29, 0.717) is 43.1 Å². The summed E-state index contributed by atoms with van der Waals surface area (Å²) in [6.45, 7) is 5.38. The second-order valence-corrected chi connectivity index (χ2v) is 7.07. The molecular weight excluding hydrogens is 370 g/mol. The summed E-state index contributed by atoms with van der Waals surface area (Å²) in [6, 6.07) is 4.90. The standard InChI is InChI=1S/C19H27N3O4.ClH/c1-3-12(2)17(20)19(24)22-8-6-13(7-9-22)18(23)21-14-4-5-15-16(10-14)26-11-25-15;/h4-5,10,12-13,17H,3,6-9,11,20H2,1-2H3,(H,21,23);1H. The highest BCUT2D eigenvalue weighted by Crippen LogP contribution is 2.34. The highest BCUT2D eigenvalue weighted by molar-refractivity contribution is 5.93. The van der Waals surface area contributed by atoms with Crippen molar-refractivity contribution in [2.24, 2.45) is 17.6 Å². The Balaban J connectivity index is 0.00000261. The highest BCUT2D eigenvalue weighted by Gasteiger charge is 2.31. The quantitative estimate of drug-likeness (QED) is 0.795. The molecule has 0 spiro atoms. The maximum Gasteiger partial charge on any atom is 0.239 e. The van der Waals surface area contributed by atoms with Gasteiger partial charge in [0.1, 0.15) is 0 Å². The smallest absolute Gasteiger partial charge is 0.239 e. The number of carbonyl (C=O) groups is 2. The number of piperidine rings is 1. The molecule has 3 N–H and O–H groups in total. The number of hydrogen-bond acceptors (Lipinski definition) is 5. The Bertz CT molecular complexity index is 677. The minimum atomic E-state index is -0.459. The second-order valence-electron chi connectivity index (χ2n) is 7.07. The van der Waals surface area contributed by atoms with E-state index in [1.54, 1.807) is 23.1 Å². The van der Waals surface area contributed by atoms with Crippen molar-refractivity contribution in [3.05, 3.63) is 18.2 Å². The number of ether oxygens (including phenoxy) is 2. The third-order valence-corrected chi connectivity index (χ3v) is 5.36. The van der Waals surface area contributed by atoms with Gasteiger partial charge in [0.25, 0.3) is 0 Å². The zero-order valence-electron chi connectivity index (χ0n) is 15.8. The Hall–Kier alpha value is -1.99. The number of fused-ring (bicyclic) bond motifs is 1. The van der Waals surface area contributed by atoms with E-state index in [0.717, 1.165) is 6.42 Å². The number of likely N-dealkylation sites (tertiary alicyclic amines) is 1. The molecule has 7 nitrogen and oxygen atoms in total. The Kier molecular flexibility index (Phi) is 7.33. The summed E-state index contributed by atoms with van der Waals surface area (Å²) in [7, 11) is 0. The monoisotopic (exact) mass is 397 g/mol. The number of benzene rings is 1. The van der Waals surface area contributed by atoms with Crippen LogP contribution in [0.15, 0.2) is 18.2 Å². The van der Waals surface area contributed by atoms with Crippen molar-refractivity contribution in [2.45, 2.75) is 39.2 Å². The molecule has 1 aromatic carbocycles. The predicted octanol–water partition coefficient (Wildman–Crippen LogP) is 2.39. The third kappa shape index (κ3) is 4.84. The Morgan fingerprint density at radius 3 is 2.59 bits per heavy atom. The molecule has 2 heterocycles. The lowest BCUT2D eigenvalue weighted by atomic mass is 9.93.